The summed E-state index contributed by atoms with van der Waals surface area (Å²) in [5.74, 6) is -1.26. The second-order valence-electron chi connectivity index (χ2n) is 4.04. The van der Waals surface area contributed by atoms with Crippen molar-refractivity contribution in [2.45, 2.75) is 25.8 Å². The summed E-state index contributed by atoms with van der Waals surface area (Å²) < 4.78 is 0. The van der Waals surface area contributed by atoms with E-state index in [1.165, 1.54) is 12.1 Å². The van der Waals surface area contributed by atoms with Gasteiger partial charge in [-0.2, -0.15) is 0 Å². The highest BCUT2D eigenvalue weighted by Gasteiger charge is 2.17. The maximum atomic E-state index is 11.9. The molecule has 7 heteroatoms. The van der Waals surface area contributed by atoms with Gasteiger partial charge in [0.1, 0.15) is 0 Å². The van der Waals surface area contributed by atoms with E-state index in [-0.39, 0.29) is 22.9 Å². The lowest BCUT2D eigenvalue weighted by Gasteiger charge is -2.16. The molecule has 104 valence electrons. The van der Waals surface area contributed by atoms with Crippen LogP contribution in [0.5, 0.6) is 11.5 Å². The van der Waals surface area contributed by atoms with Gasteiger partial charge in [-0.3, -0.25) is 4.79 Å². The van der Waals surface area contributed by atoms with E-state index in [9.17, 15) is 9.90 Å². The van der Waals surface area contributed by atoms with Crippen LogP contribution in [-0.2, 0) is 0 Å². The number of amides is 1. The first-order valence-electron chi connectivity index (χ1n) is 5.79. The van der Waals surface area contributed by atoms with Crippen molar-refractivity contribution < 1.29 is 20.2 Å². The lowest BCUT2D eigenvalue weighted by Crippen LogP contribution is -2.44. The number of nitrogens with one attached hydrogen (secondary N) is 1. The smallest absolute Gasteiger partial charge is 0.252 e. The number of rotatable bonds is 5. The van der Waals surface area contributed by atoms with Gasteiger partial charge in [0.15, 0.2) is 17.3 Å². The van der Waals surface area contributed by atoms with Gasteiger partial charge in [0.2, 0.25) is 0 Å². The summed E-state index contributed by atoms with van der Waals surface area (Å²) in [6, 6.07) is 3.13. The summed E-state index contributed by atoms with van der Waals surface area (Å²) in [5, 5.41) is 32.6. The number of carbonyl (C=O) groups is 1. The fourth-order valence-electron chi connectivity index (χ4n) is 1.56. The van der Waals surface area contributed by atoms with Crippen molar-refractivity contribution in [3.63, 3.8) is 0 Å². The van der Waals surface area contributed by atoms with Gasteiger partial charge < -0.3 is 26.5 Å². The Morgan fingerprint density at radius 2 is 2.11 bits per heavy atom. The maximum Gasteiger partial charge on any atom is 0.252 e. The first-order chi connectivity index (χ1) is 8.99. The molecular weight excluding hydrogens is 250 g/mol. The van der Waals surface area contributed by atoms with E-state index < -0.39 is 11.9 Å². The van der Waals surface area contributed by atoms with Gasteiger partial charge in [-0.1, -0.05) is 18.5 Å². The van der Waals surface area contributed by atoms with E-state index >= 15 is 0 Å². The van der Waals surface area contributed by atoms with Gasteiger partial charge >= 0.3 is 0 Å². The summed E-state index contributed by atoms with van der Waals surface area (Å²) in [5.41, 5.74) is 5.65. The lowest BCUT2D eigenvalue weighted by atomic mass is 10.1. The molecule has 0 aliphatic heterocycles. The second kappa shape index (κ2) is 6.48. The molecule has 19 heavy (non-hydrogen) atoms. The molecule has 0 aromatic heterocycles. The van der Waals surface area contributed by atoms with Crippen molar-refractivity contribution in [1.82, 2.24) is 5.32 Å². The number of aromatic hydroxyl groups is 2. The molecule has 6 N–H and O–H groups in total. The van der Waals surface area contributed by atoms with Crippen LogP contribution in [0, 0.1) is 0 Å². The van der Waals surface area contributed by atoms with Crippen LogP contribution in [0.2, 0.25) is 0 Å². The maximum absolute atomic E-state index is 11.9. The van der Waals surface area contributed by atoms with Crippen LogP contribution >= 0.6 is 0 Å². The van der Waals surface area contributed by atoms with E-state index in [0.29, 0.717) is 6.42 Å². The van der Waals surface area contributed by atoms with Crippen LogP contribution in [-0.4, -0.2) is 33.2 Å². The molecule has 1 amide bonds. The summed E-state index contributed by atoms with van der Waals surface area (Å²) in [7, 11) is 0. The van der Waals surface area contributed by atoms with E-state index in [2.05, 4.69) is 10.5 Å². The molecule has 0 spiro atoms. The molecule has 1 aromatic carbocycles. The molecule has 0 saturated heterocycles. The number of nitrogens with zero attached hydrogens (tertiary/aromatic N) is 1. The third-order valence-corrected chi connectivity index (χ3v) is 2.59. The van der Waals surface area contributed by atoms with Crippen LogP contribution < -0.4 is 11.1 Å². The number of hydrogen-bond donors (Lipinski definition) is 5. The van der Waals surface area contributed by atoms with Crippen molar-refractivity contribution in [2.24, 2.45) is 10.9 Å². The van der Waals surface area contributed by atoms with Gasteiger partial charge in [0.25, 0.3) is 5.91 Å². The molecule has 0 aliphatic rings. The first kappa shape index (κ1) is 14.6. The molecule has 7 nitrogen and oxygen atoms in total. The third-order valence-electron chi connectivity index (χ3n) is 2.59. The van der Waals surface area contributed by atoms with Crippen molar-refractivity contribution in [3.8, 4) is 11.5 Å². The van der Waals surface area contributed by atoms with Crippen LogP contribution in [0.1, 0.15) is 30.1 Å². The van der Waals surface area contributed by atoms with E-state index in [1.54, 1.807) is 0 Å². The Morgan fingerprint density at radius 3 is 2.63 bits per heavy atom. The quantitative estimate of drug-likeness (QED) is 0.177. The fraction of sp³-hybridized carbons (Fsp3) is 0.333. The molecule has 1 atom stereocenters. The van der Waals surface area contributed by atoms with Gasteiger partial charge in [0, 0.05) is 5.56 Å². The van der Waals surface area contributed by atoms with Crippen molar-refractivity contribution >= 4 is 11.7 Å². The van der Waals surface area contributed by atoms with E-state index in [0.717, 1.165) is 12.5 Å². The molecule has 0 bridgehead atoms. The highest BCUT2D eigenvalue weighted by atomic mass is 16.4. The van der Waals surface area contributed by atoms with Gasteiger partial charge in [-0.05, 0) is 24.6 Å². The topological polar surface area (TPSA) is 128 Å². The number of amidine groups is 1. The number of hydrogen-bond acceptors (Lipinski definition) is 5. The van der Waals surface area contributed by atoms with Crippen LogP contribution in [0.3, 0.4) is 0 Å². The Bertz CT molecular complexity index is 488. The summed E-state index contributed by atoms with van der Waals surface area (Å²) in [6.45, 7) is 1.90. The third kappa shape index (κ3) is 3.77. The second-order valence-corrected chi connectivity index (χ2v) is 4.04. The lowest BCUT2D eigenvalue weighted by molar-refractivity contribution is 0.0944. The zero-order chi connectivity index (χ0) is 14.4. The number of nitrogens with two attached hydrogens (primary N) is 1. The summed E-state index contributed by atoms with van der Waals surface area (Å²) in [4.78, 5) is 11.9. The van der Waals surface area contributed by atoms with Crippen molar-refractivity contribution in [1.29, 1.82) is 0 Å². The molecule has 1 rings (SSSR count). The van der Waals surface area contributed by atoms with Crippen LogP contribution in [0.15, 0.2) is 23.4 Å². The molecule has 0 fully saturated rings. The Kier molecular flexibility index (Phi) is 4.99. The summed E-state index contributed by atoms with van der Waals surface area (Å²) >= 11 is 0. The number of oxime groups is 1. The monoisotopic (exact) mass is 267 g/mol. The van der Waals surface area contributed by atoms with Gasteiger partial charge in [-0.15, -0.1) is 0 Å². The average Bonchev–Trinajstić information content (AvgIpc) is 2.40. The van der Waals surface area contributed by atoms with Crippen LogP contribution in [0.25, 0.3) is 0 Å². The predicted molar refractivity (Wildman–Crippen MR) is 69.3 cm³/mol. The molecule has 1 unspecified atom stereocenters. The minimum Gasteiger partial charge on any atom is -0.504 e. The number of benzene rings is 1. The normalized spacial score (nSPS) is 13.0. The molecule has 0 aliphatic carbocycles. The average molecular weight is 267 g/mol. The highest BCUT2D eigenvalue weighted by Crippen LogP contribution is 2.24. The predicted octanol–water partition coefficient (Wildman–Crippen LogP) is 0.743. The highest BCUT2D eigenvalue weighted by molar-refractivity contribution is 5.98. The largest absolute Gasteiger partial charge is 0.504 e. The molecule has 0 saturated carbocycles. The minimum atomic E-state index is -0.585. The SMILES string of the molecule is CCCC(NC(=O)c1ccc(O)c(O)c1)/C(N)=N/O. The molecule has 0 radical (unpaired) electrons. The Labute approximate surface area is 110 Å². The fourth-order valence-corrected chi connectivity index (χ4v) is 1.56. The van der Waals surface area contributed by atoms with Crippen molar-refractivity contribution in [2.75, 3.05) is 0 Å². The van der Waals surface area contributed by atoms with Crippen LogP contribution in [0.4, 0.5) is 0 Å². The Morgan fingerprint density at radius 1 is 1.42 bits per heavy atom. The number of phenolic OH excluding ortho intramolecular Hbond substituents is 2. The molecule has 0 heterocycles. The van der Waals surface area contributed by atoms with E-state index in [1.807, 2.05) is 6.92 Å². The molecule has 1 aromatic rings. The Balaban J connectivity index is 2.84. The minimum absolute atomic E-state index is 0.0850. The van der Waals surface area contributed by atoms with E-state index in [4.69, 9.17) is 16.0 Å². The number of carbonyl (C=O) groups excluding carboxylic acids is 1. The van der Waals surface area contributed by atoms with Gasteiger partial charge in [-0.25, -0.2) is 0 Å². The summed E-state index contributed by atoms with van der Waals surface area (Å²) in [6.07, 6.45) is 1.26. The number of phenols is 2. The zero-order valence-electron chi connectivity index (χ0n) is 10.5. The first-order valence-corrected chi connectivity index (χ1v) is 5.79. The zero-order valence-corrected chi connectivity index (χ0v) is 10.5. The molecular formula is C12H17N3O4. The standard InChI is InChI=1S/C12H17N3O4/c1-2-3-8(11(13)15-19)14-12(18)7-4-5-9(16)10(17)6-7/h4-6,8,16-17,19H,2-3H2,1H3,(H2,13,15)(H,14,18). The van der Waals surface area contributed by atoms with Crippen molar-refractivity contribution in [3.05, 3.63) is 23.8 Å². The Hall–Kier alpha value is -2.44. The van der Waals surface area contributed by atoms with Gasteiger partial charge in [0.05, 0.1) is 6.04 Å².